The summed E-state index contributed by atoms with van der Waals surface area (Å²) >= 11 is 0. The number of carbonyl (C=O) groups excluding carboxylic acids is 1. The van der Waals surface area contributed by atoms with Crippen LogP contribution < -0.4 is 0 Å². The van der Waals surface area contributed by atoms with E-state index in [9.17, 15) is 4.79 Å². The minimum Gasteiger partial charge on any atom is -0.396 e. The van der Waals surface area contributed by atoms with Crippen LogP contribution in [0.4, 0.5) is 0 Å². The molecule has 0 aliphatic carbocycles. The predicted octanol–water partition coefficient (Wildman–Crippen LogP) is 2.89. The molecule has 0 aromatic heterocycles. The summed E-state index contributed by atoms with van der Waals surface area (Å²) in [6, 6.07) is 16.2. The number of Topliss-reactive ketones (excluding diaryl/α,β-unsaturated/α-hetero) is 1. The van der Waals surface area contributed by atoms with Crippen LogP contribution in [0.5, 0.6) is 0 Å². The first-order valence-corrected chi connectivity index (χ1v) is 8.60. The largest absolute Gasteiger partial charge is 0.396 e. The van der Waals surface area contributed by atoms with Crippen molar-refractivity contribution in [2.24, 2.45) is 0 Å². The molecule has 2 aromatic carbocycles. The number of aliphatic hydroxyl groups is 2. The van der Waals surface area contributed by atoms with Crippen molar-refractivity contribution in [3.8, 4) is 0 Å². The van der Waals surface area contributed by atoms with Gasteiger partial charge in [-0.05, 0) is 47.9 Å². The van der Waals surface area contributed by atoms with Crippen molar-refractivity contribution in [1.29, 1.82) is 0 Å². The quantitative estimate of drug-likeness (QED) is 0.706. The average Bonchev–Trinajstić information content (AvgIpc) is 2.60. The molecule has 24 heavy (non-hydrogen) atoms. The highest BCUT2D eigenvalue weighted by atomic mass is 16.3. The molecule has 0 atom stereocenters. The summed E-state index contributed by atoms with van der Waals surface area (Å²) in [5.41, 5.74) is 4.46. The number of carbonyl (C=O) groups is 1. The van der Waals surface area contributed by atoms with E-state index in [1.165, 1.54) is 11.1 Å². The molecule has 2 N–H and O–H groups in total. The highest BCUT2D eigenvalue weighted by Crippen LogP contribution is 2.11. The third-order valence-corrected chi connectivity index (χ3v) is 4.10. The molecule has 0 spiro atoms. The first-order valence-electron chi connectivity index (χ1n) is 8.60. The van der Waals surface area contributed by atoms with Crippen LogP contribution in [-0.4, -0.2) is 29.2 Å². The molecule has 0 bridgehead atoms. The van der Waals surface area contributed by atoms with Crippen molar-refractivity contribution in [3.63, 3.8) is 0 Å². The van der Waals surface area contributed by atoms with E-state index in [1.54, 1.807) is 0 Å². The summed E-state index contributed by atoms with van der Waals surface area (Å²) in [5.74, 6) is 0.209. The number of ketones is 1. The maximum absolute atomic E-state index is 12.2. The van der Waals surface area contributed by atoms with Crippen molar-refractivity contribution in [3.05, 3.63) is 70.8 Å². The van der Waals surface area contributed by atoms with Crippen LogP contribution in [-0.2, 0) is 30.5 Å². The first kappa shape index (κ1) is 18.4. The number of benzene rings is 2. The first-order chi connectivity index (χ1) is 11.7. The van der Waals surface area contributed by atoms with Crippen LogP contribution in [0.1, 0.15) is 35.1 Å². The molecule has 0 aliphatic rings. The van der Waals surface area contributed by atoms with Gasteiger partial charge in [-0.25, -0.2) is 0 Å². The van der Waals surface area contributed by atoms with Gasteiger partial charge in [-0.2, -0.15) is 0 Å². The zero-order chi connectivity index (χ0) is 17.2. The normalized spacial score (nSPS) is 10.8. The van der Waals surface area contributed by atoms with Crippen molar-refractivity contribution < 1.29 is 15.0 Å². The SMILES string of the molecule is O=C(Cc1ccc(CCCO)cc1)Cc1ccc(CCCO)cc1. The van der Waals surface area contributed by atoms with E-state index in [2.05, 4.69) is 0 Å². The number of hydrogen-bond donors (Lipinski definition) is 2. The van der Waals surface area contributed by atoms with Gasteiger partial charge >= 0.3 is 0 Å². The van der Waals surface area contributed by atoms with Crippen LogP contribution in [0.2, 0.25) is 0 Å². The van der Waals surface area contributed by atoms with E-state index in [4.69, 9.17) is 10.2 Å². The molecule has 128 valence electrons. The number of aliphatic hydroxyl groups excluding tert-OH is 2. The van der Waals surface area contributed by atoms with Crippen LogP contribution in [0.3, 0.4) is 0 Å². The third-order valence-electron chi connectivity index (χ3n) is 4.10. The Morgan fingerprint density at radius 1 is 0.625 bits per heavy atom. The monoisotopic (exact) mass is 326 g/mol. The summed E-state index contributed by atoms with van der Waals surface area (Å²) < 4.78 is 0. The molecule has 0 saturated heterocycles. The second kappa shape index (κ2) is 10.0. The molecule has 2 rings (SSSR count). The fraction of sp³-hybridized carbons (Fsp3) is 0.381. The van der Waals surface area contributed by atoms with Crippen LogP contribution >= 0.6 is 0 Å². The number of aryl methyl sites for hydroxylation is 2. The van der Waals surface area contributed by atoms with E-state index in [-0.39, 0.29) is 19.0 Å². The van der Waals surface area contributed by atoms with Gasteiger partial charge in [0.05, 0.1) is 0 Å². The Kier molecular flexibility index (Phi) is 7.66. The minimum absolute atomic E-state index is 0.207. The lowest BCUT2D eigenvalue weighted by atomic mass is 9.99. The maximum Gasteiger partial charge on any atom is 0.141 e. The maximum atomic E-state index is 12.2. The smallest absolute Gasteiger partial charge is 0.141 e. The van der Waals surface area contributed by atoms with E-state index >= 15 is 0 Å². The fourth-order valence-electron chi connectivity index (χ4n) is 2.73. The van der Waals surface area contributed by atoms with Crippen LogP contribution in [0.25, 0.3) is 0 Å². The molecule has 0 saturated carbocycles. The molecule has 0 radical (unpaired) electrons. The van der Waals surface area contributed by atoms with Crippen molar-refractivity contribution in [2.75, 3.05) is 13.2 Å². The summed E-state index contributed by atoms with van der Waals surface area (Å²) in [7, 11) is 0. The Labute approximate surface area is 144 Å². The minimum atomic E-state index is 0.207. The zero-order valence-electron chi connectivity index (χ0n) is 14.1. The summed E-state index contributed by atoms with van der Waals surface area (Å²) in [6.45, 7) is 0.415. The van der Waals surface area contributed by atoms with Gasteiger partial charge in [-0.1, -0.05) is 48.5 Å². The topological polar surface area (TPSA) is 57.5 Å². The molecular weight excluding hydrogens is 300 g/mol. The summed E-state index contributed by atoms with van der Waals surface area (Å²) in [5, 5.41) is 17.7. The van der Waals surface area contributed by atoms with E-state index in [0.29, 0.717) is 12.8 Å². The van der Waals surface area contributed by atoms with E-state index in [1.807, 2.05) is 48.5 Å². The van der Waals surface area contributed by atoms with Crippen LogP contribution in [0.15, 0.2) is 48.5 Å². The van der Waals surface area contributed by atoms with Gasteiger partial charge in [-0.15, -0.1) is 0 Å². The van der Waals surface area contributed by atoms with Gasteiger partial charge in [0.25, 0.3) is 0 Å². The fourth-order valence-corrected chi connectivity index (χ4v) is 2.73. The molecule has 0 unspecified atom stereocenters. The molecule has 3 nitrogen and oxygen atoms in total. The van der Waals surface area contributed by atoms with E-state index < -0.39 is 0 Å². The molecule has 0 amide bonds. The molecular formula is C21H26O3. The highest BCUT2D eigenvalue weighted by Gasteiger charge is 2.06. The van der Waals surface area contributed by atoms with Crippen LogP contribution in [0, 0.1) is 0 Å². The Hall–Kier alpha value is -1.97. The average molecular weight is 326 g/mol. The third kappa shape index (κ3) is 6.26. The van der Waals surface area contributed by atoms with Gasteiger partial charge in [0.15, 0.2) is 0 Å². The summed E-state index contributed by atoms with van der Waals surface area (Å²) in [4.78, 5) is 12.2. The number of hydrogen-bond acceptors (Lipinski definition) is 3. The van der Waals surface area contributed by atoms with E-state index in [0.717, 1.165) is 36.8 Å². The second-order valence-electron chi connectivity index (χ2n) is 6.18. The molecule has 2 aromatic rings. The molecule has 0 heterocycles. The standard InChI is InChI=1S/C21H26O3/c22-13-1-3-17-5-9-19(10-6-17)15-21(24)16-20-11-7-18(8-12-20)4-2-14-23/h5-12,22-23H,1-4,13-16H2. The van der Waals surface area contributed by atoms with Crippen molar-refractivity contribution in [2.45, 2.75) is 38.5 Å². The lowest BCUT2D eigenvalue weighted by molar-refractivity contribution is -0.117. The Bertz CT molecular complexity index is 559. The Morgan fingerprint density at radius 3 is 1.29 bits per heavy atom. The Balaban J connectivity index is 1.84. The van der Waals surface area contributed by atoms with Gasteiger partial charge in [0.2, 0.25) is 0 Å². The zero-order valence-corrected chi connectivity index (χ0v) is 14.1. The van der Waals surface area contributed by atoms with Gasteiger partial charge < -0.3 is 10.2 Å². The second-order valence-corrected chi connectivity index (χ2v) is 6.18. The molecule has 0 fully saturated rings. The van der Waals surface area contributed by atoms with Gasteiger partial charge in [-0.3, -0.25) is 4.79 Å². The Morgan fingerprint density at radius 2 is 0.958 bits per heavy atom. The summed E-state index contributed by atoms with van der Waals surface area (Å²) in [6.07, 6.45) is 4.18. The molecule has 3 heteroatoms. The molecule has 0 aliphatic heterocycles. The van der Waals surface area contributed by atoms with Gasteiger partial charge in [0.1, 0.15) is 5.78 Å². The highest BCUT2D eigenvalue weighted by molar-refractivity contribution is 5.83. The van der Waals surface area contributed by atoms with Crippen molar-refractivity contribution in [1.82, 2.24) is 0 Å². The van der Waals surface area contributed by atoms with Gasteiger partial charge in [0, 0.05) is 26.1 Å². The number of rotatable bonds is 10. The lowest BCUT2D eigenvalue weighted by Gasteiger charge is -2.05. The predicted molar refractivity (Wildman–Crippen MR) is 96.1 cm³/mol. The van der Waals surface area contributed by atoms with Crippen molar-refractivity contribution >= 4 is 5.78 Å². The lowest BCUT2D eigenvalue weighted by Crippen LogP contribution is -2.06.